The van der Waals surface area contributed by atoms with Crippen molar-refractivity contribution >= 4 is 23.3 Å². The standard InChI is InChI=1S/C18H23N5O3/c1-2-3-15-22-17(26-23-15)11-10-16(24)19-12-4-6-13(7-5-12)20-18(25)21-14-8-9-14/h4-7,14H,2-3,8-11H2,1H3,(H,19,24)(H2,20,21,25). The Morgan fingerprint density at radius 1 is 1.12 bits per heavy atom. The van der Waals surface area contributed by atoms with Crippen LogP contribution in [0.1, 0.15) is 44.3 Å². The summed E-state index contributed by atoms with van der Waals surface area (Å²) in [7, 11) is 0. The third-order valence-corrected chi connectivity index (χ3v) is 3.89. The number of hydrogen-bond donors (Lipinski definition) is 3. The van der Waals surface area contributed by atoms with Crippen LogP contribution in [0, 0.1) is 0 Å². The van der Waals surface area contributed by atoms with Crippen molar-refractivity contribution in [3.05, 3.63) is 36.0 Å². The topological polar surface area (TPSA) is 109 Å². The zero-order valence-corrected chi connectivity index (χ0v) is 14.7. The largest absolute Gasteiger partial charge is 0.339 e. The third-order valence-electron chi connectivity index (χ3n) is 3.89. The van der Waals surface area contributed by atoms with E-state index >= 15 is 0 Å². The molecule has 1 saturated carbocycles. The molecule has 138 valence electrons. The highest BCUT2D eigenvalue weighted by atomic mass is 16.5. The highest BCUT2D eigenvalue weighted by Gasteiger charge is 2.23. The molecule has 0 bridgehead atoms. The van der Waals surface area contributed by atoms with E-state index in [1.165, 1.54) is 0 Å². The van der Waals surface area contributed by atoms with E-state index in [0.717, 1.165) is 25.7 Å². The van der Waals surface area contributed by atoms with E-state index < -0.39 is 0 Å². The van der Waals surface area contributed by atoms with E-state index in [-0.39, 0.29) is 18.4 Å². The van der Waals surface area contributed by atoms with Gasteiger partial charge in [-0.25, -0.2) is 4.79 Å². The second-order valence-corrected chi connectivity index (χ2v) is 6.35. The molecule has 8 heteroatoms. The SMILES string of the molecule is CCCc1noc(CCC(=O)Nc2ccc(NC(=O)NC3CC3)cc2)n1. The molecule has 1 aliphatic carbocycles. The number of hydrogen-bond acceptors (Lipinski definition) is 5. The Hall–Kier alpha value is -2.90. The lowest BCUT2D eigenvalue weighted by molar-refractivity contribution is -0.116. The number of nitrogens with zero attached hydrogens (tertiary/aromatic N) is 2. The summed E-state index contributed by atoms with van der Waals surface area (Å²) in [6.07, 6.45) is 4.48. The summed E-state index contributed by atoms with van der Waals surface area (Å²) in [5, 5.41) is 12.3. The fourth-order valence-electron chi connectivity index (χ4n) is 2.38. The van der Waals surface area contributed by atoms with Gasteiger partial charge in [-0.05, 0) is 43.5 Å². The van der Waals surface area contributed by atoms with Gasteiger partial charge in [0.05, 0.1) is 0 Å². The van der Waals surface area contributed by atoms with E-state index in [1.54, 1.807) is 24.3 Å². The number of anilines is 2. The number of benzene rings is 1. The van der Waals surface area contributed by atoms with Gasteiger partial charge < -0.3 is 20.5 Å². The molecule has 2 aromatic rings. The van der Waals surface area contributed by atoms with Crippen molar-refractivity contribution in [2.75, 3.05) is 10.6 Å². The van der Waals surface area contributed by atoms with Gasteiger partial charge >= 0.3 is 6.03 Å². The molecule has 3 N–H and O–H groups in total. The van der Waals surface area contributed by atoms with Crippen LogP contribution in [0.5, 0.6) is 0 Å². The maximum absolute atomic E-state index is 12.0. The molecule has 1 aliphatic rings. The zero-order valence-electron chi connectivity index (χ0n) is 14.7. The minimum absolute atomic E-state index is 0.132. The molecular weight excluding hydrogens is 334 g/mol. The highest BCUT2D eigenvalue weighted by molar-refractivity contribution is 5.92. The molecule has 0 spiro atoms. The van der Waals surface area contributed by atoms with E-state index in [9.17, 15) is 9.59 Å². The number of aryl methyl sites for hydroxylation is 2. The van der Waals surface area contributed by atoms with Gasteiger partial charge in [-0.15, -0.1) is 0 Å². The first kappa shape index (κ1) is 17.9. The number of urea groups is 1. The second-order valence-electron chi connectivity index (χ2n) is 6.35. The Kier molecular flexibility index (Phi) is 5.83. The van der Waals surface area contributed by atoms with E-state index in [4.69, 9.17) is 4.52 Å². The number of aromatic nitrogens is 2. The fourth-order valence-corrected chi connectivity index (χ4v) is 2.38. The van der Waals surface area contributed by atoms with Gasteiger partial charge in [0.2, 0.25) is 11.8 Å². The lowest BCUT2D eigenvalue weighted by Gasteiger charge is -2.08. The normalized spacial score (nSPS) is 13.3. The first-order valence-electron chi connectivity index (χ1n) is 8.91. The lowest BCUT2D eigenvalue weighted by atomic mass is 10.2. The van der Waals surface area contributed by atoms with Crippen LogP contribution < -0.4 is 16.0 Å². The van der Waals surface area contributed by atoms with Gasteiger partial charge in [0.25, 0.3) is 0 Å². The van der Waals surface area contributed by atoms with Crippen molar-refractivity contribution < 1.29 is 14.1 Å². The number of nitrogens with one attached hydrogen (secondary N) is 3. The summed E-state index contributed by atoms with van der Waals surface area (Å²) in [6.45, 7) is 2.05. The van der Waals surface area contributed by atoms with Crippen molar-refractivity contribution in [3.8, 4) is 0 Å². The first-order chi connectivity index (χ1) is 12.6. The average molecular weight is 357 g/mol. The molecule has 3 amide bonds. The number of carbonyl (C=O) groups is 2. The molecule has 0 aliphatic heterocycles. The van der Waals surface area contributed by atoms with Crippen LogP contribution in [-0.2, 0) is 17.6 Å². The van der Waals surface area contributed by atoms with Crippen molar-refractivity contribution in [1.82, 2.24) is 15.5 Å². The molecule has 8 nitrogen and oxygen atoms in total. The summed E-state index contributed by atoms with van der Waals surface area (Å²) in [5.41, 5.74) is 1.34. The third kappa shape index (κ3) is 5.58. The Labute approximate surface area is 151 Å². The average Bonchev–Trinajstić information content (AvgIpc) is 3.31. The number of rotatable bonds is 8. The maximum Gasteiger partial charge on any atom is 0.319 e. The monoisotopic (exact) mass is 357 g/mol. The molecule has 1 fully saturated rings. The van der Waals surface area contributed by atoms with Crippen molar-refractivity contribution in [2.24, 2.45) is 0 Å². The Balaban J connectivity index is 1.42. The smallest absolute Gasteiger partial charge is 0.319 e. The van der Waals surface area contributed by atoms with Gasteiger partial charge in [-0.2, -0.15) is 4.98 Å². The number of carbonyl (C=O) groups excluding carboxylic acids is 2. The molecule has 0 unspecified atom stereocenters. The van der Waals surface area contributed by atoms with Crippen LogP contribution in [0.4, 0.5) is 16.2 Å². The van der Waals surface area contributed by atoms with Gasteiger partial charge in [0.15, 0.2) is 5.82 Å². The summed E-state index contributed by atoms with van der Waals surface area (Å²) in [4.78, 5) is 27.9. The van der Waals surface area contributed by atoms with Crippen LogP contribution in [0.2, 0.25) is 0 Å². The zero-order chi connectivity index (χ0) is 18.4. The molecule has 1 heterocycles. The van der Waals surface area contributed by atoms with Crippen molar-refractivity contribution in [1.29, 1.82) is 0 Å². The van der Waals surface area contributed by atoms with E-state index in [0.29, 0.717) is 35.6 Å². The Morgan fingerprint density at radius 2 is 1.81 bits per heavy atom. The Bertz CT molecular complexity index is 752. The first-order valence-corrected chi connectivity index (χ1v) is 8.91. The lowest BCUT2D eigenvalue weighted by Crippen LogP contribution is -2.30. The second kappa shape index (κ2) is 8.46. The van der Waals surface area contributed by atoms with Gasteiger partial charge in [0, 0.05) is 36.7 Å². The quantitative estimate of drug-likeness (QED) is 0.673. The highest BCUT2D eigenvalue weighted by Crippen LogP contribution is 2.19. The van der Waals surface area contributed by atoms with Crippen molar-refractivity contribution in [2.45, 2.75) is 51.5 Å². The molecular formula is C18H23N5O3. The van der Waals surface area contributed by atoms with E-state index in [1.807, 2.05) is 6.92 Å². The van der Waals surface area contributed by atoms with Crippen LogP contribution in [0.3, 0.4) is 0 Å². The maximum atomic E-state index is 12.0. The predicted octanol–water partition coefficient (Wildman–Crippen LogP) is 2.88. The predicted molar refractivity (Wildman–Crippen MR) is 96.9 cm³/mol. The van der Waals surface area contributed by atoms with Gasteiger partial charge in [0.1, 0.15) is 0 Å². The van der Waals surface area contributed by atoms with Crippen LogP contribution in [-0.4, -0.2) is 28.1 Å². The summed E-state index contributed by atoms with van der Waals surface area (Å²) in [5.74, 6) is 1.02. The summed E-state index contributed by atoms with van der Waals surface area (Å²) in [6, 6.07) is 7.10. The Morgan fingerprint density at radius 3 is 2.46 bits per heavy atom. The summed E-state index contributed by atoms with van der Waals surface area (Å²) >= 11 is 0. The molecule has 3 rings (SSSR count). The fraction of sp³-hybridized carbons (Fsp3) is 0.444. The van der Waals surface area contributed by atoms with Crippen molar-refractivity contribution in [3.63, 3.8) is 0 Å². The molecule has 1 aromatic heterocycles. The molecule has 0 atom stereocenters. The van der Waals surface area contributed by atoms with Gasteiger partial charge in [-0.3, -0.25) is 4.79 Å². The van der Waals surface area contributed by atoms with Crippen LogP contribution in [0.15, 0.2) is 28.8 Å². The number of amides is 3. The minimum Gasteiger partial charge on any atom is -0.339 e. The molecule has 26 heavy (non-hydrogen) atoms. The van der Waals surface area contributed by atoms with Gasteiger partial charge in [-0.1, -0.05) is 12.1 Å². The summed E-state index contributed by atoms with van der Waals surface area (Å²) < 4.78 is 5.12. The molecule has 1 aromatic carbocycles. The molecule has 0 radical (unpaired) electrons. The van der Waals surface area contributed by atoms with Crippen LogP contribution >= 0.6 is 0 Å². The van der Waals surface area contributed by atoms with E-state index in [2.05, 4.69) is 26.1 Å². The molecule has 0 saturated heterocycles. The minimum atomic E-state index is -0.203. The van der Waals surface area contributed by atoms with Crippen LogP contribution in [0.25, 0.3) is 0 Å².